The van der Waals surface area contributed by atoms with Gasteiger partial charge in [-0.15, -0.1) is 0 Å². The molecule has 1 aliphatic heterocycles. The highest BCUT2D eigenvalue weighted by atomic mass is 35.5. The fourth-order valence-electron chi connectivity index (χ4n) is 2.41. The molecule has 4 heteroatoms. The first-order valence-corrected chi connectivity index (χ1v) is 6.60. The quantitative estimate of drug-likeness (QED) is 0.839. The number of ether oxygens (including phenoxy) is 1. The van der Waals surface area contributed by atoms with E-state index in [0.29, 0.717) is 5.15 Å². The van der Waals surface area contributed by atoms with Crippen molar-refractivity contribution in [2.24, 2.45) is 0 Å². The lowest BCUT2D eigenvalue weighted by molar-refractivity contribution is 0.118. The Bertz CT molecular complexity index is 595. The Labute approximate surface area is 117 Å². The van der Waals surface area contributed by atoms with Gasteiger partial charge < -0.3 is 10.1 Å². The number of hydrogen-bond acceptors (Lipinski definition) is 3. The van der Waals surface area contributed by atoms with Crippen LogP contribution in [0.15, 0.2) is 42.6 Å². The van der Waals surface area contributed by atoms with Crippen molar-refractivity contribution in [3.8, 4) is 5.75 Å². The summed E-state index contributed by atoms with van der Waals surface area (Å²) in [5.41, 5.74) is 1.80. The molecule has 1 aromatic carbocycles. The number of hydrogen-bond donors (Lipinski definition) is 1. The zero-order valence-corrected chi connectivity index (χ0v) is 11.6. The Morgan fingerprint density at radius 1 is 1.21 bits per heavy atom. The van der Waals surface area contributed by atoms with E-state index in [1.165, 1.54) is 5.56 Å². The van der Waals surface area contributed by atoms with Gasteiger partial charge in [0, 0.05) is 5.56 Å². The van der Waals surface area contributed by atoms with Gasteiger partial charge in [0.25, 0.3) is 0 Å². The zero-order valence-electron chi connectivity index (χ0n) is 10.9. The second-order valence-electron chi connectivity index (χ2n) is 5.19. The minimum atomic E-state index is -0.302. The van der Waals surface area contributed by atoms with Gasteiger partial charge in [0.05, 0.1) is 17.9 Å². The molecule has 1 unspecified atom stereocenters. The van der Waals surface area contributed by atoms with Gasteiger partial charge in [0.2, 0.25) is 0 Å². The van der Waals surface area contributed by atoms with Crippen molar-refractivity contribution < 1.29 is 4.74 Å². The molecular weight excluding hydrogens is 260 g/mol. The normalized spacial score (nSPS) is 19.6. The summed E-state index contributed by atoms with van der Waals surface area (Å²) in [4.78, 5) is 4.09. The standard InChI is InChI=1S/C15H15ClN2O/c1-15(2)14(11-5-3-4-6-12(11)19-15)18-10-7-8-13(16)17-9-10/h3-9,14,18H,1-2H3. The van der Waals surface area contributed by atoms with Crippen molar-refractivity contribution in [2.75, 3.05) is 5.32 Å². The van der Waals surface area contributed by atoms with Gasteiger partial charge >= 0.3 is 0 Å². The van der Waals surface area contributed by atoms with Crippen LogP contribution in [-0.2, 0) is 0 Å². The van der Waals surface area contributed by atoms with Crippen LogP contribution in [0.2, 0.25) is 5.15 Å². The van der Waals surface area contributed by atoms with Crippen molar-refractivity contribution in [1.82, 2.24) is 4.98 Å². The van der Waals surface area contributed by atoms with E-state index in [9.17, 15) is 0 Å². The van der Waals surface area contributed by atoms with Crippen LogP contribution in [0.4, 0.5) is 5.69 Å². The zero-order chi connectivity index (χ0) is 13.5. The molecular formula is C15H15ClN2O. The van der Waals surface area contributed by atoms with Gasteiger partial charge in [-0.2, -0.15) is 0 Å². The number of anilines is 1. The van der Waals surface area contributed by atoms with Crippen molar-refractivity contribution >= 4 is 17.3 Å². The van der Waals surface area contributed by atoms with E-state index in [4.69, 9.17) is 16.3 Å². The Morgan fingerprint density at radius 3 is 2.74 bits per heavy atom. The van der Waals surface area contributed by atoms with Gasteiger partial charge in [-0.3, -0.25) is 0 Å². The van der Waals surface area contributed by atoms with Crippen LogP contribution in [0.1, 0.15) is 25.5 Å². The smallest absolute Gasteiger partial charge is 0.129 e. The lowest BCUT2D eigenvalue weighted by Gasteiger charge is -2.27. The van der Waals surface area contributed by atoms with E-state index in [2.05, 4.69) is 30.2 Å². The molecule has 0 aliphatic carbocycles. The summed E-state index contributed by atoms with van der Waals surface area (Å²) in [5, 5.41) is 3.96. The topological polar surface area (TPSA) is 34.1 Å². The number of fused-ring (bicyclic) bond motifs is 1. The van der Waals surface area contributed by atoms with E-state index in [0.717, 1.165) is 11.4 Å². The van der Waals surface area contributed by atoms with Gasteiger partial charge in [-0.1, -0.05) is 29.8 Å². The van der Waals surface area contributed by atoms with E-state index in [1.807, 2.05) is 24.3 Å². The fourth-order valence-corrected chi connectivity index (χ4v) is 2.52. The third kappa shape index (κ3) is 2.26. The molecule has 98 valence electrons. The van der Waals surface area contributed by atoms with Crippen LogP contribution < -0.4 is 10.1 Å². The number of nitrogens with zero attached hydrogens (tertiary/aromatic N) is 1. The van der Waals surface area contributed by atoms with E-state index < -0.39 is 0 Å². The summed E-state index contributed by atoms with van der Waals surface area (Å²) in [5.74, 6) is 0.937. The molecule has 0 amide bonds. The van der Waals surface area contributed by atoms with Crippen molar-refractivity contribution in [1.29, 1.82) is 0 Å². The number of pyridine rings is 1. The molecule has 1 aliphatic rings. The highest BCUT2D eigenvalue weighted by Gasteiger charge is 2.40. The minimum absolute atomic E-state index is 0.0895. The summed E-state index contributed by atoms with van der Waals surface area (Å²) in [7, 11) is 0. The summed E-state index contributed by atoms with van der Waals surface area (Å²) in [6.45, 7) is 4.15. The van der Waals surface area contributed by atoms with E-state index in [-0.39, 0.29) is 11.6 Å². The average Bonchev–Trinajstić information content (AvgIpc) is 2.63. The summed E-state index contributed by atoms with van der Waals surface area (Å²) >= 11 is 5.80. The molecule has 0 fully saturated rings. The van der Waals surface area contributed by atoms with Crippen LogP contribution in [-0.4, -0.2) is 10.6 Å². The maximum absolute atomic E-state index is 5.99. The van der Waals surface area contributed by atoms with Crippen LogP contribution in [0, 0.1) is 0 Å². The summed E-state index contributed by atoms with van der Waals surface area (Å²) < 4.78 is 5.99. The lowest BCUT2D eigenvalue weighted by Crippen LogP contribution is -2.34. The molecule has 0 saturated heterocycles. The molecule has 0 bridgehead atoms. The molecule has 2 aromatic rings. The third-order valence-electron chi connectivity index (χ3n) is 3.34. The molecule has 2 heterocycles. The van der Waals surface area contributed by atoms with Gasteiger partial charge in [0.1, 0.15) is 16.5 Å². The Morgan fingerprint density at radius 2 is 2.00 bits per heavy atom. The first-order chi connectivity index (χ1) is 9.06. The van der Waals surface area contributed by atoms with E-state index >= 15 is 0 Å². The van der Waals surface area contributed by atoms with Crippen LogP contribution in [0.5, 0.6) is 5.75 Å². The second-order valence-corrected chi connectivity index (χ2v) is 5.58. The Kier molecular flexibility index (Phi) is 2.86. The number of nitrogens with one attached hydrogen (secondary N) is 1. The maximum Gasteiger partial charge on any atom is 0.129 e. The predicted octanol–water partition coefficient (Wildman–Crippen LogP) is 4.06. The number of halogens is 1. The Hall–Kier alpha value is -1.74. The van der Waals surface area contributed by atoms with Gasteiger partial charge in [0.15, 0.2) is 0 Å². The molecule has 1 atom stereocenters. The molecule has 1 N–H and O–H groups in total. The molecule has 1 aromatic heterocycles. The highest BCUT2D eigenvalue weighted by molar-refractivity contribution is 6.29. The fraction of sp³-hybridized carbons (Fsp3) is 0.267. The molecule has 3 rings (SSSR count). The number of para-hydroxylation sites is 1. The SMILES string of the molecule is CC1(C)Oc2ccccc2C1Nc1ccc(Cl)nc1. The van der Waals surface area contributed by atoms with Gasteiger partial charge in [-0.05, 0) is 32.0 Å². The van der Waals surface area contributed by atoms with Crippen molar-refractivity contribution in [2.45, 2.75) is 25.5 Å². The average molecular weight is 275 g/mol. The number of benzene rings is 1. The molecule has 19 heavy (non-hydrogen) atoms. The summed E-state index contributed by atoms with van der Waals surface area (Å²) in [6.07, 6.45) is 1.74. The summed E-state index contributed by atoms with van der Waals surface area (Å²) in [6, 6.07) is 11.9. The number of rotatable bonds is 2. The Balaban J connectivity index is 1.93. The maximum atomic E-state index is 5.99. The van der Waals surface area contributed by atoms with Crippen molar-refractivity contribution in [3.63, 3.8) is 0 Å². The monoisotopic (exact) mass is 274 g/mol. The third-order valence-corrected chi connectivity index (χ3v) is 3.56. The van der Waals surface area contributed by atoms with Crippen molar-refractivity contribution in [3.05, 3.63) is 53.3 Å². The molecule has 3 nitrogen and oxygen atoms in total. The van der Waals surface area contributed by atoms with Gasteiger partial charge in [-0.25, -0.2) is 4.98 Å². The second kappa shape index (κ2) is 4.42. The van der Waals surface area contributed by atoms with E-state index in [1.54, 1.807) is 12.3 Å². The number of aromatic nitrogens is 1. The largest absolute Gasteiger partial charge is 0.485 e. The molecule has 0 spiro atoms. The van der Waals surface area contributed by atoms with Crippen LogP contribution >= 0.6 is 11.6 Å². The highest BCUT2D eigenvalue weighted by Crippen LogP contribution is 2.44. The van der Waals surface area contributed by atoms with Crippen LogP contribution in [0.25, 0.3) is 0 Å². The lowest BCUT2D eigenvalue weighted by atomic mass is 9.94. The first kappa shape index (κ1) is 12.3. The molecule has 0 radical (unpaired) electrons. The van der Waals surface area contributed by atoms with Crippen LogP contribution in [0.3, 0.4) is 0 Å². The first-order valence-electron chi connectivity index (χ1n) is 6.22. The minimum Gasteiger partial charge on any atom is -0.485 e. The molecule has 0 saturated carbocycles. The predicted molar refractivity (Wildman–Crippen MR) is 76.8 cm³/mol.